The highest BCUT2D eigenvalue weighted by Crippen LogP contribution is 2.21. The van der Waals surface area contributed by atoms with Gasteiger partial charge in [0.2, 0.25) is 0 Å². The zero-order valence-corrected chi connectivity index (χ0v) is 24.1. The average Bonchev–Trinajstić information content (AvgIpc) is 2.93. The van der Waals surface area contributed by atoms with Gasteiger partial charge in [-0.1, -0.05) is 84.5 Å². The van der Waals surface area contributed by atoms with E-state index in [9.17, 15) is 8.78 Å². The van der Waals surface area contributed by atoms with Crippen LogP contribution in [0.4, 0.5) is 8.78 Å². The molecule has 0 saturated carbocycles. The molecule has 3 nitrogen and oxygen atoms in total. The highest BCUT2D eigenvalue weighted by molar-refractivity contribution is 5.55. The van der Waals surface area contributed by atoms with Gasteiger partial charge < -0.3 is 4.74 Å². The van der Waals surface area contributed by atoms with Crippen molar-refractivity contribution < 1.29 is 13.5 Å². The van der Waals surface area contributed by atoms with Crippen molar-refractivity contribution in [2.45, 2.75) is 142 Å². The van der Waals surface area contributed by atoms with Gasteiger partial charge in [0.05, 0.1) is 6.61 Å². The number of rotatable bonds is 23. The first kappa shape index (κ1) is 32.2. The van der Waals surface area contributed by atoms with Crippen molar-refractivity contribution in [3.05, 3.63) is 42.2 Å². The summed E-state index contributed by atoms with van der Waals surface area (Å²) in [5.41, 5.74) is 2.13. The lowest BCUT2D eigenvalue weighted by atomic mass is 10.0. The third-order valence-electron chi connectivity index (χ3n) is 7.24. The van der Waals surface area contributed by atoms with Crippen molar-refractivity contribution in [2.24, 2.45) is 0 Å². The van der Waals surface area contributed by atoms with Crippen LogP contribution in [0.2, 0.25) is 0 Å². The second-order valence-corrected chi connectivity index (χ2v) is 10.8. The van der Waals surface area contributed by atoms with Crippen LogP contribution in [0.1, 0.15) is 129 Å². The van der Waals surface area contributed by atoms with E-state index in [-0.39, 0.29) is 0 Å². The van der Waals surface area contributed by atoms with E-state index in [1.807, 2.05) is 36.7 Å². The first-order chi connectivity index (χ1) is 18.6. The molecule has 0 bridgehead atoms. The zero-order valence-electron chi connectivity index (χ0n) is 24.1. The number of unbranched alkanes of at least 4 members (excludes halogenated alkanes) is 10. The van der Waals surface area contributed by atoms with Gasteiger partial charge in [-0.2, -0.15) is 0 Å². The van der Waals surface area contributed by atoms with E-state index >= 15 is 0 Å². The number of hydrogen-bond acceptors (Lipinski definition) is 3. The summed E-state index contributed by atoms with van der Waals surface area (Å²) in [6.45, 7) is 4.70. The maximum Gasteiger partial charge on any atom is 0.159 e. The minimum Gasteiger partial charge on any atom is -0.493 e. The smallest absolute Gasteiger partial charge is 0.159 e. The molecule has 5 heteroatoms. The molecule has 0 amide bonds. The Hall–Kier alpha value is -2.04. The van der Waals surface area contributed by atoms with E-state index in [4.69, 9.17) is 4.74 Å². The van der Waals surface area contributed by atoms with Crippen LogP contribution in [0.15, 0.2) is 36.7 Å². The maximum absolute atomic E-state index is 14.1. The fourth-order valence-corrected chi connectivity index (χ4v) is 4.74. The number of benzene rings is 1. The lowest BCUT2D eigenvalue weighted by molar-refractivity contribution is 0.212. The molecule has 2 atom stereocenters. The van der Waals surface area contributed by atoms with Gasteiger partial charge in [-0.25, -0.2) is 18.7 Å². The number of aromatic nitrogens is 2. The Labute approximate surface area is 231 Å². The maximum atomic E-state index is 14.1. The average molecular weight is 531 g/mol. The molecular weight excluding hydrogens is 478 g/mol. The van der Waals surface area contributed by atoms with E-state index < -0.39 is 12.3 Å². The van der Waals surface area contributed by atoms with Crippen LogP contribution < -0.4 is 4.74 Å². The molecule has 2 unspecified atom stereocenters. The van der Waals surface area contributed by atoms with Crippen LogP contribution in [0.3, 0.4) is 0 Å². The predicted octanol–water partition coefficient (Wildman–Crippen LogP) is 10.4. The number of nitrogens with zero attached hydrogens (tertiary/aromatic N) is 2. The van der Waals surface area contributed by atoms with Crippen LogP contribution in [0.5, 0.6) is 5.75 Å². The molecule has 0 aliphatic rings. The summed E-state index contributed by atoms with van der Waals surface area (Å²) in [6, 6.07) is 7.65. The Kier molecular flexibility index (Phi) is 17.7. The fraction of sp³-hybridized carbons (Fsp3) is 0.697. The number of aryl methyl sites for hydroxylation is 1. The van der Waals surface area contributed by atoms with Crippen molar-refractivity contribution in [3.63, 3.8) is 0 Å². The molecule has 2 aromatic rings. The second-order valence-electron chi connectivity index (χ2n) is 10.8. The molecule has 1 aromatic heterocycles. The number of hydrogen-bond donors (Lipinski definition) is 0. The van der Waals surface area contributed by atoms with E-state index in [2.05, 4.69) is 23.8 Å². The Morgan fingerprint density at radius 3 is 1.79 bits per heavy atom. The first-order valence-corrected chi connectivity index (χ1v) is 15.4. The van der Waals surface area contributed by atoms with Crippen LogP contribution in [0, 0.1) is 0 Å². The minimum absolute atomic E-state index is 0.320. The standard InChI is InChI=1S/C33H52F2N2O/c1-3-5-7-8-9-10-11-12-14-16-28-26-36-33(37-27-28)29-20-22-32(23-21-29)38-25-24-31(35)19-15-18-30(34)17-13-6-4-2/h20-23,26-27,30-31H,3-19,24-25H2,1-2H3. The summed E-state index contributed by atoms with van der Waals surface area (Å²) in [5, 5.41) is 0. The Morgan fingerprint density at radius 1 is 0.632 bits per heavy atom. The molecule has 214 valence electrons. The van der Waals surface area contributed by atoms with Crippen molar-refractivity contribution >= 4 is 0 Å². The molecule has 38 heavy (non-hydrogen) atoms. The van der Waals surface area contributed by atoms with Crippen molar-refractivity contribution in [2.75, 3.05) is 6.61 Å². The van der Waals surface area contributed by atoms with Crippen molar-refractivity contribution in [1.29, 1.82) is 0 Å². The summed E-state index contributed by atoms with van der Waals surface area (Å²) in [4.78, 5) is 9.11. The second kappa shape index (κ2) is 20.9. The number of alkyl halides is 2. The van der Waals surface area contributed by atoms with Gasteiger partial charge in [-0.15, -0.1) is 0 Å². The van der Waals surface area contributed by atoms with E-state index in [0.717, 1.165) is 31.2 Å². The van der Waals surface area contributed by atoms with Gasteiger partial charge in [0, 0.05) is 24.4 Å². The molecular formula is C33H52F2N2O. The fourth-order valence-electron chi connectivity index (χ4n) is 4.74. The number of halogens is 2. The lowest BCUT2D eigenvalue weighted by Gasteiger charge is -2.11. The SMILES string of the molecule is CCCCCCCCCCCc1cnc(-c2ccc(OCCC(F)CCCC(F)CCCCC)cc2)nc1. The molecule has 1 heterocycles. The topological polar surface area (TPSA) is 35.0 Å². The molecule has 0 N–H and O–H groups in total. The lowest BCUT2D eigenvalue weighted by Crippen LogP contribution is -2.09. The highest BCUT2D eigenvalue weighted by Gasteiger charge is 2.11. The summed E-state index contributed by atoms with van der Waals surface area (Å²) in [5.74, 6) is 1.42. The monoisotopic (exact) mass is 530 g/mol. The molecule has 0 aliphatic carbocycles. The highest BCUT2D eigenvalue weighted by atomic mass is 19.1. The van der Waals surface area contributed by atoms with Crippen molar-refractivity contribution in [1.82, 2.24) is 9.97 Å². The zero-order chi connectivity index (χ0) is 27.3. The molecule has 0 saturated heterocycles. The summed E-state index contributed by atoms with van der Waals surface area (Å²) >= 11 is 0. The Bertz CT molecular complexity index is 813. The summed E-state index contributed by atoms with van der Waals surface area (Å²) < 4.78 is 33.7. The third-order valence-corrected chi connectivity index (χ3v) is 7.24. The number of ether oxygens (including phenoxy) is 1. The van der Waals surface area contributed by atoms with Gasteiger partial charge in [0.25, 0.3) is 0 Å². The minimum atomic E-state index is -0.945. The molecule has 0 fully saturated rings. The van der Waals surface area contributed by atoms with Gasteiger partial charge in [-0.3, -0.25) is 0 Å². The molecule has 0 aliphatic heterocycles. The molecule has 0 spiro atoms. The van der Waals surface area contributed by atoms with Gasteiger partial charge >= 0.3 is 0 Å². The quantitative estimate of drug-likeness (QED) is 0.134. The van der Waals surface area contributed by atoms with Crippen LogP contribution in [-0.4, -0.2) is 28.9 Å². The van der Waals surface area contributed by atoms with E-state index in [1.54, 1.807) is 0 Å². The van der Waals surface area contributed by atoms with Crippen LogP contribution in [0.25, 0.3) is 11.4 Å². The summed E-state index contributed by atoms with van der Waals surface area (Å²) in [6.07, 6.45) is 20.7. The first-order valence-electron chi connectivity index (χ1n) is 15.4. The van der Waals surface area contributed by atoms with E-state index in [1.165, 1.54) is 63.4 Å². The van der Waals surface area contributed by atoms with Crippen LogP contribution in [-0.2, 0) is 6.42 Å². The predicted molar refractivity (Wildman–Crippen MR) is 156 cm³/mol. The van der Waals surface area contributed by atoms with Gasteiger partial charge in [-0.05, 0) is 68.4 Å². The third kappa shape index (κ3) is 14.8. The van der Waals surface area contributed by atoms with E-state index in [0.29, 0.717) is 50.3 Å². The van der Waals surface area contributed by atoms with Gasteiger partial charge in [0.15, 0.2) is 5.82 Å². The largest absolute Gasteiger partial charge is 0.493 e. The van der Waals surface area contributed by atoms with Crippen LogP contribution >= 0.6 is 0 Å². The molecule has 2 rings (SSSR count). The Morgan fingerprint density at radius 2 is 1.16 bits per heavy atom. The molecule has 1 aromatic carbocycles. The molecule has 0 radical (unpaired) electrons. The summed E-state index contributed by atoms with van der Waals surface area (Å²) in [7, 11) is 0. The Balaban J connectivity index is 1.59. The normalized spacial score (nSPS) is 12.9. The van der Waals surface area contributed by atoms with Crippen molar-refractivity contribution in [3.8, 4) is 17.1 Å². The van der Waals surface area contributed by atoms with Gasteiger partial charge in [0.1, 0.15) is 18.1 Å².